The van der Waals surface area contributed by atoms with E-state index in [9.17, 15) is 9.59 Å². The predicted molar refractivity (Wildman–Crippen MR) is 106 cm³/mol. The van der Waals surface area contributed by atoms with Crippen LogP contribution in [-0.2, 0) is 9.67 Å². The van der Waals surface area contributed by atoms with Crippen LogP contribution in [0.15, 0.2) is 41.7 Å². The Morgan fingerprint density at radius 2 is 1.93 bits per heavy atom. The number of likely N-dealkylation sites (tertiary alicyclic amines) is 1. The normalized spacial score (nSPS) is 22.5. The van der Waals surface area contributed by atoms with Crippen LogP contribution in [0.3, 0.4) is 0 Å². The minimum Gasteiger partial charge on any atom is -0.384 e. The average molecular weight is 391 g/mol. The summed E-state index contributed by atoms with van der Waals surface area (Å²) in [6.07, 6.45) is 3.38. The van der Waals surface area contributed by atoms with Gasteiger partial charge in [-0.25, -0.2) is 4.79 Å². The van der Waals surface area contributed by atoms with E-state index in [1.807, 2.05) is 30.3 Å². The van der Waals surface area contributed by atoms with Gasteiger partial charge in [0.2, 0.25) is 0 Å². The maximum absolute atomic E-state index is 12.6. The number of hydrogen-bond acceptors (Lipinski definition) is 6. The first-order chi connectivity index (χ1) is 13.0. The summed E-state index contributed by atoms with van der Waals surface area (Å²) in [4.78, 5) is 25.8. The van der Waals surface area contributed by atoms with Crippen molar-refractivity contribution in [3.05, 3.63) is 47.3 Å². The number of urea groups is 1. The van der Waals surface area contributed by atoms with Crippen LogP contribution < -0.4 is 26.8 Å². The zero-order valence-electron chi connectivity index (χ0n) is 15.2. The molecule has 1 aromatic rings. The van der Waals surface area contributed by atoms with Crippen molar-refractivity contribution in [2.75, 3.05) is 26.2 Å². The number of rotatable bonds is 7. The van der Waals surface area contributed by atoms with E-state index in [-0.39, 0.29) is 17.4 Å². The number of primary amides is 1. The molecule has 0 bridgehead atoms. The molecule has 0 radical (unpaired) electrons. The smallest absolute Gasteiger partial charge is 0.316 e. The van der Waals surface area contributed by atoms with E-state index in [2.05, 4.69) is 20.3 Å². The van der Waals surface area contributed by atoms with Crippen molar-refractivity contribution in [3.63, 3.8) is 0 Å². The molecule has 1 atom stereocenters. The van der Waals surface area contributed by atoms with Gasteiger partial charge in [0.1, 0.15) is 5.82 Å². The van der Waals surface area contributed by atoms with Gasteiger partial charge in [-0.15, -0.1) is 0 Å². The standard InChI is InChI=1S/C18H26N6O2S/c19-15-14(16(20)25)18(27-23-15,13-7-2-1-3-8-13)22-17(26)21-9-6-12-24-10-4-5-11-24/h1-3,7-8,23H,4-6,9-12,19H2,(H2,20,25)(H2,21,22,26). The van der Waals surface area contributed by atoms with Gasteiger partial charge in [0.05, 0.1) is 5.57 Å². The Bertz CT molecular complexity index is 720. The van der Waals surface area contributed by atoms with Crippen LogP contribution in [0.25, 0.3) is 0 Å². The summed E-state index contributed by atoms with van der Waals surface area (Å²) < 4.78 is 2.87. The lowest BCUT2D eigenvalue weighted by atomic mass is 9.97. The van der Waals surface area contributed by atoms with Crippen LogP contribution >= 0.6 is 11.9 Å². The molecule has 2 aliphatic rings. The zero-order chi connectivity index (χ0) is 19.3. The van der Waals surface area contributed by atoms with Gasteiger partial charge in [-0.05, 0) is 56.4 Å². The molecule has 0 saturated carbocycles. The third-order valence-corrected chi connectivity index (χ3v) is 5.96. The number of amides is 3. The van der Waals surface area contributed by atoms with Crippen LogP contribution in [0.2, 0.25) is 0 Å². The van der Waals surface area contributed by atoms with Crippen molar-refractivity contribution < 1.29 is 9.59 Å². The monoisotopic (exact) mass is 390 g/mol. The first-order valence-electron chi connectivity index (χ1n) is 9.11. The molecule has 0 aliphatic carbocycles. The topological polar surface area (TPSA) is 126 Å². The number of nitrogens with one attached hydrogen (secondary N) is 3. The van der Waals surface area contributed by atoms with E-state index in [0.29, 0.717) is 12.1 Å². The molecule has 1 saturated heterocycles. The Morgan fingerprint density at radius 1 is 1.22 bits per heavy atom. The molecule has 1 aromatic carbocycles. The second kappa shape index (κ2) is 8.53. The van der Waals surface area contributed by atoms with Crippen LogP contribution in [0.5, 0.6) is 0 Å². The highest BCUT2D eigenvalue weighted by molar-refractivity contribution is 7.99. The van der Waals surface area contributed by atoms with Crippen LogP contribution in [-0.4, -0.2) is 43.0 Å². The van der Waals surface area contributed by atoms with Crippen molar-refractivity contribution >= 4 is 23.9 Å². The highest BCUT2D eigenvalue weighted by Gasteiger charge is 2.47. The van der Waals surface area contributed by atoms with Crippen molar-refractivity contribution in [1.29, 1.82) is 0 Å². The molecule has 3 rings (SSSR count). The summed E-state index contributed by atoms with van der Waals surface area (Å²) in [5.74, 6) is -0.520. The fourth-order valence-electron chi connectivity index (χ4n) is 3.48. The van der Waals surface area contributed by atoms with Gasteiger partial charge in [0.15, 0.2) is 4.87 Å². The van der Waals surface area contributed by atoms with Crippen molar-refractivity contribution in [1.82, 2.24) is 20.3 Å². The molecule has 1 unspecified atom stereocenters. The van der Waals surface area contributed by atoms with Crippen LogP contribution in [0.1, 0.15) is 24.8 Å². The summed E-state index contributed by atoms with van der Waals surface area (Å²) in [6.45, 7) is 3.80. The maximum Gasteiger partial charge on any atom is 0.316 e. The third kappa shape index (κ3) is 4.30. The van der Waals surface area contributed by atoms with Crippen molar-refractivity contribution in [2.45, 2.75) is 24.1 Å². The van der Waals surface area contributed by atoms with E-state index >= 15 is 0 Å². The first-order valence-corrected chi connectivity index (χ1v) is 9.92. The van der Waals surface area contributed by atoms with Gasteiger partial charge in [-0.1, -0.05) is 30.3 Å². The molecule has 146 valence electrons. The minimum absolute atomic E-state index is 0.144. The first kappa shape index (κ1) is 19.4. The highest BCUT2D eigenvalue weighted by atomic mass is 32.2. The molecule has 27 heavy (non-hydrogen) atoms. The number of carbonyl (C=O) groups excluding carboxylic acids is 2. The zero-order valence-corrected chi connectivity index (χ0v) is 16.0. The Hall–Kier alpha value is -2.39. The third-order valence-electron chi connectivity index (χ3n) is 4.79. The molecule has 3 amide bonds. The summed E-state index contributed by atoms with van der Waals surface area (Å²) in [6, 6.07) is 8.80. The predicted octanol–water partition coefficient (Wildman–Crippen LogP) is 0.532. The second-order valence-electron chi connectivity index (χ2n) is 6.69. The quantitative estimate of drug-likeness (QED) is 0.342. The van der Waals surface area contributed by atoms with Gasteiger partial charge in [-0.2, -0.15) is 0 Å². The van der Waals surface area contributed by atoms with Gasteiger partial charge in [0, 0.05) is 6.54 Å². The van der Waals surface area contributed by atoms with E-state index < -0.39 is 10.8 Å². The Labute approximate surface area is 163 Å². The van der Waals surface area contributed by atoms with Crippen molar-refractivity contribution in [3.8, 4) is 0 Å². The average Bonchev–Trinajstić information content (AvgIpc) is 3.28. The fourth-order valence-corrected chi connectivity index (χ4v) is 4.56. The van der Waals surface area contributed by atoms with E-state index in [4.69, 9.17) is 11.5 Å². The largest absolute Gasteiger partial charge is 0.384 e. The van der Waals surface area contributed by atoms with Gasteiger partial charge in [0.25, 0.3) is 5.91 Å². The summed E-state index contributed by atoms with van der Waals surface area (Å²) in [5, 5.41) is 5.77. The SMILES string of the molecule is NC(=O)C1=C(N)NSC1(NC(=O)NCCCN1CCCC1)c1ccccc1. The van der Waals surface area contributed by atoms with E-state index in [1.54, 1.807) is 0 Å². The molecule has 9 heteroatoms. The lowest BCUT2D eigenvalue weighted by molar-refractivity contribution is -0.115. The second-order valence-corrected chi connectivity index (χ2v) is 7.71. The molecular weight excluding hydrogens is 364 g/mol. The minimum atomic E-state index is -1.17. The Kier molecular flexibility index (Phi) is 6.12. The number of nitrogens with zero attached hydrogens (tertiary/aromatic N) is 1. The number of nitrogens with two attached hydrogens (primary N) is 2. The number of hydrogen-bond donors (Lipinski definition) is 5. The van der Waals surface area contributed by atoms with E-state index in [1.165, 1.54) is 12.8 Å². The molecule has 7 N–H and O–H groups in total. The lowest BCUT2D eigenvalue weighted by Crippen LogP contribution is -2.51. The molecule has 0 spiro atoms. The van der Waals surface area contributed by atoms with Gasteiger partial charge < -0.3 is 31.7 Å². The summed E-state index contributed by atoms with van der Waals surface area (Å²) in [5.41, 5.74) is 12.3. The van der Waals surface area contributed by atoms with Gasteiger partial charge in [-0.3, -0.25) is 4.79 Å². The van der Waals surface area contributed by atoms with Crippen LogP contribution in [0, 0.1) is 0 Å². The molecule has 0 aromatic heterocycles. The van der Waals surface area contributed by atoms with Crippen LogP contribution in [0.4, 0.5) is 4.79 Å². The highest BCUT2D eigenvalue weighted by Crippen LogP contribution is 2.44. The van der Waals surface area contributed by atoms with Crippen molar-refractivity contribution in [2.24, 2.45) is 11.5 Å². The molecule has 1 fully saturated rings. The Balaban J connectivity index is 1.67. The Morgan fingerprint density at radius 3 is 2.59 bits per heavy atom. The number of benzene rings is 1. The maximum atomic E-state index is 12.6. The summed E-state index contributed by atoms with van der Waals surface area (Å²) >= 11 is 1.15. The fraction of sp³-hybridized carbons (Fsp3) is 0.444. The molecular formula is C18H26N6O2S. The van der Waals surface area contributed by atoms with Gasteiger partial charge >= 0.3 is 6.03 Å². The van der Waals surface area contributed by atoms with E-state index in [0.717, 1.165) is 38.0 Å². The lowest BCUT2D eigenvalue weighted by Gasteiger charge is -2.30. The summed E-state index contributed by atoms with van der Waals surface area (Å²) in [7, 11) is 0. The molecule has 8 nitrogen and oxygen atoms in total. The molecule has 2 heterocycles. The number of carbonyl (C=O) groups is 2. The molecule has 2 aliphatic heterocycles.